The maximum atomic E-state index is 2.68. The summed E-state index contributed by atoms with van der Waals surface area (Å²) in [5.41, 5.74) is 17.9. The number of nitrogens with zero attached hydrogens (tertiary/aromatic N) is 2. The predicted octanol–water partition coefficient (Wildman–Crippen LogP) is 14.2. The molecule has 0 saturated heterocycles. The molecular weight excluding hydrogens is 744 g/mol. The summed E-state index contributed by atoms with van der Waals surface area (Å²) in [6.07, 6.45) is 0. The molecule has 4 heterocycles. The lowest BCUT2D eigenvalue weighted by Crippen LogP contribution is -2.60. The zero-order valence-electron chi connectivity index (χ0n) is 33.7. The Bertz CT molecular complexity index is 3570. The molecule has 0 saturated carbocycles. The van der Waals surface area contributed by atoms with Crippen molar-refractivity contribution >= 4 is 93.2 Å². The topological polar surface area (TPSA) is 8.17 Å². The van der Waals surface area contributed by atoms with Crippen molar-refractivity contribution in [2.75, 3.05) is 4.81 Å². The quantitative estimate of drug-likeness (QED) is 0.162. The number of thiophene rings is 1. The van der Waals surface area contributed by atoms with Crippen molar-refractivity contribution in [2.24, 2.45) is 0 Å². The van der Waals surface area contributed by atoms with Crippen LogP contribution in [0.1, 0.15) is 26.3 Å². The second-order valence-electron chi connectivity index (χ2n) is 17.7. The van der Waals surface area contributed by atoms with Crippen LogP contribution in [-0.2, 0) is 5.41 Å². The molecule has 0 fully saturated rings. The van der Waals surface area contributed by atoms with Gasteiger partial charge in [-0.2, -0.15) is 0 Å². The largest absolute Gasteiger partial charge is 0.376 e. The first kappa shape index (κ1) is 34.0. The molecule has 9 aromatic carbocycles. The minimum atomic E-state index is -0.0877. The van der Waals surface area contributed by atoms with Crippen LogP contribution >= 0.6 is 11.3 Å². The van der Waals surface area contributed by atoms with Crippen LogP contribution in [0, 0.1) is 0 Å². The molecule has 0 spiro atoms. The Morgan fingerprint density at radius 1 is 0.500 bits per heavy atom. The summed E-state index contributed by atoms with van der Waals surface area (Å²) in [5, 5.41) is 7.72. The Morgan fingerprint density at radius 3 is 1.92 bits per heavy atom. The monoisotopic (exact) mass is 782 g/mol. The standard InChI is InChI=1S/C56H39BN2S/c1-56(2,3)40-23-25-41(26-24-40)59-50-32-37-19-11-10-18-36(37)28-43(50)45-33-47-42-20-12-13-21-51(42)60-55(47)54-52(45)57(59)48-31-39(35-16-8-5-9-17-35)30-46-44-29-38(34-14-6-4-7-15-34)22-27-49(44)58(54)53(46)48/h4-33H,1-3H3. The van der Waals surface area contributed by atoms with Crippen LogP contribution in [0.15, 0.2) is 182 Å². The molecule has 13 rings (SSSR count). The van der Waals surface area contributed by atoms with Gasteiger partial charge in [-0.15, -0.1) is 11.3 Å². The van der Waals surface area contributed by atoms with Crippen LogP contribution in [0.2, 0.25) is 0 Å². The molecule has 60 heavy (non-hydrogen) atoms. The Hall–Kier alpha value is -6.88. The van der Waals surface area contributed by atoms with Crippen LogP contribution in [0.25, 0.3) is 91.8 Å². The van der Waals surface area contributed by atoms with Crippen molar-refractivity contribution in [3.8, 4) is 39.1 Å². The molecule has 282 valence electrons. The van der Waals surface area contributed by atoms with Gasteiger partial charge < -0.3 is 9.38 Å². The van der Waals surface area contributed by atoms with Gasteiger partial charge in [-0.3, -0.25) is 0 Å². The van der Waals surface area contributed by atoms with Gasteiger partial charge >= 0.3 is 6.85 Å². The zero-order valence-corrected chi connectivity index (χ0v) is 34.5. The van der Waals surface area contributed by atoms with Gasteiger partial charge in [0.1, 0.15) is 0 Å². The first-order chi connectivity index (χ1) is 29.4. The van der Waals surface area contributed by atoms with Crippen molar-refractivity contribution in [3.05, 3.63) is 188 Å². The van der Waals surface area contributed by atoms with E-state index in [0.717, 1.165) is 0 Å². The fourth-order valence-electron chi connectivity index (χ4n) is 10.4. The lowest BCUT2D eigenvalue weighted by molar-refractivity contribution is 0.590. The van der Waals surface area contributed by atoms with E-state index in [1.165, 1.54) is 120 Å². The molecule has 0 N–H and O–H groups in total. The van der Waals surface area contributed by atoms with Crippen molar-refractivity contribution < 1.29 is 0 Å². The molecule has 2 nitrogen and oxygen atoms in total. The Labute approximate surface area is 353 Å². The van der Waals surface area contributed by atoms with Crippen molar-refractivity contribution in [3.63, 3.8) is 0 Å². The van der Waals surface area contributed by atoms with E-state index in [2.05, 4.69) is 212 Å². The van der Waals surface area contributed by atoms with E-state index in [0.29, 0.717) is 0 Å². The number of rotatable bonds is 3. The second-order valence-corrected chi connectivity index (χ2v) is 18.8. The number of hydrogen-bond donors (Lipinski definition) is 0. The number of fused-ring (bicyclic) bond motifs is 12. The smallest absolute Gasteiger partial charge is 0.333 e. The molecule has 0 atom stereocenters. The molecule has 0 aliphatic carbocycles. The summed E-state index contributed by atoms with van der Waals surface area (Å²) in [6.45, 7) is 6.82. The molecule has 11 aromatic rings. The molecule has 0 radical (unpaired) electrons. The predicted molar refractivity (Wildman–Crippen MR) is 260 cm³/mol. The van der Waals surface area contributed by atoms with E-state index < -0.39 is 0 Å². The van der Waals surface area contributed by atoms with Gasteiger partial charge in [0.2, 0.25) is 0 Å². The summed E-state index contributed by atoms with van der Waals surface area (Å²) in [6, 6.07) is 68.7. The number of aromatic nitrogens is 1. The third kappa shape index (κ3) is 4.77. The van der Waals surface area contributed by atoms with Gasteiger partial charge in [0.25, 0.3) is 0 Å². The summed E-state index contributed by atoms with van der Waals surface area (Å²) >= 11 is 1.94. The van der Waals surface area contributed by atoms with E-state index in [1.54, 1.807) is 0 Å². The fourth-order valence-corrected chi connectivity index (χ4v) is 11.7. The molecule has 2 aliphatic rings. The minimum Gasteiger partial charge on any atom is -0.376 e. The molecule has 0 unspecified atom stereocenters. The summed E-state index contributed by atoms with van der Waals surface area (Å²) in [7, 11) is 0. The van der Waals surface area contributed by atoms with Gasteiger partial charge in [0.15, 0.2) is 0 Å². The average molecular weight is 783 g/mol. The summed E-state index contributed by atoms with van der Waals surface area (Å²) in [5.74, 6) is 0. The lowest BCUT2D eigenvalue weighted by atomic mass is 9.43. The third-order valence-corrected chi connectivity index (χ3v) is 14.5. The number of benzene rings is 9. The molecule has 2 aromatic heterocycles. The molecular formula is C56H39BN2S. The van der Waals surface area contributed by atoms with Crippen LogP contribution in [-0.4, -0.2) is 11.4 Å². The molecule has 0 bridgehead atoms. The zero-order chi connectivity index (χ0) is 39.9. The highest BCUT2D eigenvalue weighted by atomic mass is 32.1. The Kier molecular flexibility index (Phi) is 6.99. The van der Waals surface area contributed by atoms with Crippen LogP contribution in [0.4, 0.5) is 11.4 Å². The summed E-state index contributed by atoms with van der Waals surface area (Å²) < 4.78 is 5.32. The normalized spacial score (nSPS) is 13.2. The van der Waals surface area contributed by atoms with E-state index in [-0.39, 0.29) is 12.3 Å². The van der Waals surface area contributed by atoms with Crippen molar-refractivity contribution in [2.45, 2.75) is 26.2 Å². The van der Waals surface area contributed by atoms with Gasteiger partial charge in [0, 0.05) is 43.2 Å². The Morgan fingerprint density at radius 2 is 1.17 bits per heavy atom. The Balaban J connectivity index is 1.24. The van der Waals surface area contributed by atoms with E-state index in [1.807, 2.05) is 11.3 Å². The minimum absolute atomic E-state index is 0.0433. The summed E-state index contributed by atoms with van der Waals surface area (Å²) in [4.78, 5) is 2.68. The van der Waals surface area contributed by atoms with Gasteiger partial charge in [-0.1, -0.05) is 148 Å². The maximum Gasteiger partial charge on any atom is 0.333 e. The van der Waals surface area contributed by atoms with Crippen LogP contribution in [0.5, 0.6) is 0 Å². The highest BCUT2D eigenvalue weighted by molar-refractivity contribution is 7.26. The van der Waals surface area contributed by atoms with Crippen molar-refractivity contribution in [1.82, 2.24) is 4.57 Å². The van der Waals surface area contributed by atoms with Crippen LogP contribution in [0.3, 0.4) is 0 Å². The number of anilines is 2. The van der Waals surface area contributed by atoms with E-state index in [9.17, 15) is 0 Å². The van der Waals surface area contributed by atoms with Gasteiger partial charge in [-0.05, 0) is 115 Å². The van der Waals surface area contributed by atoms with E-state index in [4.69, 9.17) is 0 Å². The third-order valence-electron chi connectivity index (χ3n) is 13.3. The second kappa shape index (κ2) is 12.3. The highest BCUT2D eigenvalue weighted by Crippen LogP contribution is 2.50. The average Bonchev–Trinajstić information content (AvgIpc) is 3.83. The maximum absolute atomic E-state index is 2.68. The lowest BCUT2D eigenvalue weighted by Gasteiger charge is -2.42. The van der Waals surface area contributed by atoms with Gasteiger partial charge in [0.05, 0.1) is 21.4 Å². The molecule has 2 aliphatic heterocycles. The fraction of sp³-hybridized carbons (Fsp3) is 0.0714. The SMILES string of the molecule is CC(C)(C)c1ccc(N2B3c4c(cc5c(sc6ccccc65)c4-n4c5ccc(-c6ccccc6)cc5c5cc(-c6ccccc6)cc3c54)-c3cc4ccccc4cc32)cc1. The van der Waals surface area contributed by atoms with Crippen LogP contribution < -0.4 is 15.7 Å². The molecule has 4 heteroatoms. The highest BCUT2D eigenvalue weighted by Gasteiger charge is 2.45. The molecule has 0 amide bonds. The van der Waals surface area contributed by atoms with Crippen molar-refractivity contribution in [1.29, 1.82) is 0 Å². The first-order valence-electron chi connectivity index (χ1n) is 21.0. The first-order valence-corrected chi connectivity index (χ1v) is 21.9. The number of hydrogen-bond acceptors (Lipinski definition) is 2. The van der Waals surface area contributed by atoms with E-state index >= 15 is 0 Å². The van der Waals surface area contributed by atoms with Gasteiger partial charge in [-0.25, -0.2) is 0 Å².